The van der Waals surface area contributed by atoms with Gasteiger partial charge in [-0.25, -0.2) is 9.13 Å². The zero-order chi connectivity index (χ0) is 10.9. The van der Waals surface area contributed by atoms with Gasteiger partial charge >= 0.3 is 0 Å². The molecule has 86 valence electrons. The standard InChI is InChI=1S/C11H21N2O2/c14-9-3-1-5-12-7-8-13(11-12)6-2-4-10-15/h7-8,11,14-15H,1-6,9-10H2/q+1. The Labute approximate surface area is 90.8 Å². The molecule has 1 rings (SSSR count). The number of aliphatic hydroxyl groups excluding tert-OH is 2. The van der Waals surface area contributed by atoms with Crippen LogP contribution in [-0.4, -0.2) is 28.0 Å². The third-order valence-electron chi connectivity index (χ3n) is 2.40. The van der Waals surface area contributed by atoms with Gasteiger partial charge in [-0.2, -0.15) is 0 Å². The van der Waals surface area contributed by atoms with Crippen LogP contribution in [0, 0.1) is 0 Å². The number of aryl methyl sites for hydroxylation is 2. The number of imidazole rings is 1. The quantitative estimate of drug-likeness (QED) is 0.482. The zero-order valence-corrected chi connectivity index (χ0v) is 9.18. The monoisotopic (exact) mass is 213 g/mol. The largest absolute Gasteiger partial charge is 0.396 e. The maximum Gasteiger partial charge on any atom is 0.243 e. The molecule has 0 amide bonds. The van der Waals surface area contributed by atoms with Gasteiger partial charge in [0.25, 0.3) is 0 Å². The summed E-state index contributed by atoms with van der Waals surface area (Å²) in [6.45, 7) is 2.48. The van der Waals surface area contributed by atoms with E-state index in [2.05, 4.69) is 27.9 Å². The van der Waals surface area contributed by atoms with Crippen LogP contribution >= 0.6 is 0 Å². The fraction of sp³-hybridized carbons (Fsp3) is 0.727. The third-order valence-corrected chi connectivity index (χ3v) is 2.40. The predicted molar refractivity (Wildman–Crippen MR) is 57.3 cm³/mol. The molecular formula is C11H21N2O2+. The molecule has 0 atom stereocenters. The molecule has 0 radical (unpaired) electrons. The molecular weight excluding hydrogens is 192 g/mol. The van der Waals surface area contributed by atoms with Crippen LogP contribution in [-0.2, 0) is 13.1 Å². The topological polar surface area (TPSA) is 49.3 Å². The summed E-state index contributed by atoms with van der Waals surface area (Å²) in [4.78, 5) is 0. The van der Waals surface area contributed by atoms with Crippen LogP contribution in [0.4, 0.5) is 0 Å². The molecule has 1 heterocycles. The van der Waals surface area contributed by atoms with Crippen LogP contribution < -0.4 is 4.57 Å². The van der Waals surface area contributed by atoms with E-state index in [0.29, 0.717) is 0 Å². The number of hydrogen-bond donors (Lipinski definition) is 2. The first-order valence-electron chi connectivity index (χ1n) is 5.63. The minimum atomic E-state index is 0.276. The van der Waals surface area contributed by atoms with Gasteiger partial charge < -0.3 is 10.2 Å². The maximum absolute atomic E-state index is 8.65. The van der Waals surface area contributed by atoms with Crippen LogP contribution in [0.3, 0.4) is 0 Å². The van der Waals surface area contributed by atoms with E-state index in [1.54, 1.807) is 0 Å². The lowest BCUT2D eigenvalue weighted by Crippen LogP contribution is -2.31. The Bertz CT molecular complexity index is 236. The lowest BCUT2D eigenvalue weighted by Gasteiger charge is -1.95. The summed E-state index contributed by atoms with van der Waals surface area (Å²) in [6, 6.07) is 0. The van der Waals surface area contributed by atoms with Crippen molar-refractivity contribution in [1.82, 2.24) is 4.57 Å². The van der Waals surface area contributed by atoms with E-state index in [9.17, 15) is 0 Å². The second kappa shape index (κ2) is 7.43. The minimum Gasteiger partial charge on any atom is -0.396 e. The summed E-state index contributed by atoms with van der Waals surface area (Å²) in [5.74, 6) is 0. The van der Waals surface area contributed by atoms with Gasteiger partial charge in [0.2, 0.25) is 6.33 Å². The highest BCUT2D eigenvalue weighted by Gasteiger charge is 2.02. The molecule has 4 nitrogen and oxygen atoms in total. The molecule has 0 spiro atoms. The van der Waals surface area contributed by atoms with E-state index in [-0.39, 0.29) is 13.2 Å². The van der Waals surface area contributed by atoms with Crippen molar-refractivity contribution < 1.29 is 14.8 Å². The Kier molecular flexibility index (Phi) is 6.04. The second-order valence-electron chi connectivity index (χ2n) is 3.75. The number of aromatic nitrogens is 2. The van der Waals surface area contributed by atoms with Gasteiger partial charge in [-0.1, -0.05) is 0 Å². The van der Waals surface area contributed by atoms with Crippen LogP contribution in [0.2, 0.25) is 0 Å². The van der Waals surface area contributed by atoms with Gasteiger partial charge in [0.1, 0.15) is 12.4 Å². The lowest BCUT2D eigenvalue weighted by atomic mass is 10.3. The average molecular weight is 213 g/mol. The molecule has 0 unspecified atom stereocenters. The normalized spacial score (nSPS) is 10.8. The Morgan fingerprint density at radius 3 is 2.47 bits per heavy atom. The highest BCUT2D eigenvalue weighted by atomic mass is 16.3. The highest BCUT2D eigenvalue weighted by Crippen LogP contribution is 1.94. The molecule has 0 fully saturated rings. The Morgan fingerprint density at radius 2 is 1.73 bits per heavy atom. The van der Waals surface area contributed by atoms with Crippen molar-refractivity contribution in [2.75, 3.05) is 13.2 Å². The van der Waals surface area contributed by atoms with Gasteiger partial charge in [-0.05, 0) is 25.7 Å². The molecule has 1 aromatic heterocycles. The van der Waals surface area contributed by atoms with Gasteiger partial charge in [0.05, 0.1) is 13.1 Å². The first-order valence-corrected chi connectivity index (χ1v) is 5.63. The molecule has 0 aliphatic rings. The van der Waals surface area contributed by atoms with Crippen molar-refractivity contribution in [2.45, 2.75) is 38.8 Å². The molecule has 0 aliphatic carbocycles. The molecule has 0 saturated carbocycles. The summed E-state index contributed by atoms with van der Waals surface area (Å²) in [6.07, 6.45) is 9.94. The Balaban J connectivity index is 2.23. The Hall–Kier alpha value is -0.870. The molecule has 2 N–H and O–H groups in total. The number of aliphatic hydroxyl groups is 2. The molecule has 0 aliphatic heterocycles. The van der Waals surface area contributed by atoms with E-state index >= 15 is 0 Å². The molecule has 0 aromatic carbocycles. The summed E-state index contributed by atoms with van der Waals surface area (Å²) >= 11 is 0. The van der Waals surface area contributed by atoms with Gasteiger partial charge in [0.15, 0.2) is 0 Å². The van der Waals surface area contributed by atoms with Crippen molar-refractivity contribution >= 4 is 0 Å². The number of rotatable bonds is 8. The summed E-state index contributed by atoms with van der Waals surface area (Å²) in [5, 5.41) is 17.3. The first-order chi connectivity index (χ1) is 7.36. The van der Waals surface area contributed by atoms with Gasteiger partial charge in [-0.3, -0.25) is 0 Å². The van der Waals surface area contributed by atoms with Crippen LogP contribution in [0.5, 0.6) is 0 Å². The molecule has 15 heavy (non-hydrogen) atoms. The van der Waals surface area contributed by atoms with Gasteiger partial charge in [-0.15, -0.1) is 0 Å². The molecule has 1 aromatic rings. The fourth-order valence-corrected chi connectivity index (χ4v) is 1.52. The first kappa shape index (κ1) is 12.2. The van der Waals surface area contributed by atoms with Crippen molar-refractivity contribution in [3.63, 3.8) is 0 Å². The van der Waals surface area contributed by atoms with Gasteiger partial charge in [0, 0.05) is 13.2 Å². The Morgan fingerprint density at radius 1 is 1.00 bits per heavy atom. The maximum atomic E-state index is 8.65. The number of nitrogens with zero attached hydrogens (tertiary/aromatic N) is 2. The van der Waals surface area contributed by atoms with Crippen LogP contribution in [0.25, 0.3) is 0 Å². The molecule has 4 heteroatoms. The van der Waals surface area contributed by atoms with Crippen LogP contribution in [0.1, 0.15) is 25.7 Å². The van der Waals surface area contributed by atoms with E-state index in [4.69, 9.17) is 10.2 Å². The lowest BCUT2D eigenvalue weighted by molar-refractivity contribution is -0.697. The summed E-state index contributed by atoms with van der Waals surface area (Å²) in [5.41, 5.74) is 0. The van der Waals surface area contributed by atoms with Crippen molar-refractivity contribution in [2.24, 2.45) is 0 Å². The van der Waals surface area contributed by atoms with Crippen molar-refractivity contribution in [1.29, 1.82) is 0 Å². The van der Waals surface area contributed by atoms with E-state index in [1.165, 1.54) is 0 Å². The third kappa shape index (κ3) is 4.95. The van der Waals surface area contributed by atoms with E-state index < -0.39 is 0 Å². The van der Waals surface area contributed by atoms with Crippen molar-refractivity contribution in [3.8, 4) is 0 Å². The number of unbranched alkanes of at least 4 members (excludes halogenated alkanes) is 2. The van der Waals surface area contributed by atoms with E-state index in [0.717, 1.165) is 38.8 Å². The SMILES string of the molecule is OCCCCn1cc[n+](CCCCO)c1. The number of hydrogen-bond acceptors (Lipinski definition) is 2. The molecule has 0 bridgehead atoms. The minimum absolute atomic E-state index is 0.276. The van der Waals surface area contributed by atoms with E-state index in [1.807, 2.05) is 0 Å². The summed E-state index contributed by atoms with van der Waals surface area (Å²) in [7, 11) is 0. The highest BCUT2D eigenvalue weighted by molar-refractivity contribution is 4.66. The fourth-order valence-electron chi connectivity index (χ4n) is 1.52. The second-order valence-corrected chi connectivity index (χ2v) is 3.75. The average Bonchev–Trinajstić information content (AvgIpc) is 2.67. The predicted octanol–water partition coefficient (Wildman–Crippen LogP) is 0.321. The smallest absolute Gasteiger partial charge is 0.243 e. The molecule has 0 saturated heterocycles. The zero-order valence-electron chi connectivity index (χ0n) is 9.18. The van der Waals surface area contributed by atoms with Crippen molar-refractivity contribution in [3.05, 3.63) is 18.7 Å². The summed E-state index contributed by atoms with van der Waals surface area (Å²) < 4.78 is 4.27. The van der Waals surface area contributed by atoms with Crippen LogP contribution in [0.15, 0.2) is 18.7 Å².